The van der Waals surface area contributed by atoms with Crippen molar-refractivity contribution in [2.45, 2.75) is 32.9 Å². The van der Waals surface area contributed by atoms with Crippen LogP contribution in [0.15, 0.2) is 47.1 Å². The van der Waals surface area contributed by atoms with Crippen LogP contribution in [0.4, 0.5) is 5.13 Å². The molecule has 142 valence electrons. The van der Waals surface area contributed by atoms with E-state index in [9.17, 15) is 0 Å². The minimum Gasteiger partial charge on any atom is -0.347 e. The Morgan fingerprint density at radius 1 is 1.11 bits per heavy atom. The summed E-state index contributed by atoms with van der Waals surface area (Å²) in [5.74, 6) is 0.820. The van der Waals surface area contributed by atoms with Gasteiger partial charge in [0, 0.05) is 42.5 Å². The summed E-state index contributed by atoms with van der Waals surface area (Å²) in [4.78, 5) is 2.37. The number of nitrogens with one attached hydrogen (secondary N) is 1. The third-order valence-electron chi connectivity index (χ3n) is 5.02. The number of benzene rings is 1. The van der Waals surface area contributed by atoms with Crippen molar-refractivity contribution >= 4 is 32.4 Å². The van der Waals surface area contributed by atoms with Gasteiger partial charge in [0.25, 0.3) is 0 Å². The van der Waals surface area contributed by atoms with Gasteiger partial charge >= 0.3 is 0 Å². The lowest BCUT2D eigenvalue weighted by Gasteiger charge is -2.29. The lowest BCUT2D eigenvalue weighted by molar-refractivity contribution is 0.437. The van der Waals surface area contributed by atoms with Gasteiger partial charge in [-0.3, -0.25) is 4.57 Å². The highest BCUT2D eigenvalue weighted by atomic mass is 79.9. The van der Waals surface area contributed by atoms with Crippen LogP contribution in [0, 0.1) is 5.92 Å². The molecule has 2 aromatic heterocycles. The number of halogens is 1. The van der Waals surface area contributed by atoms with E-state index in [0.29, 0.717) is 0 Å². The van der Waals surface area contributed by atoms with Gasteiger partial charge in [0.15, 0.2) is 0 Å². The molecule has 0 atom stereocenters. The maximum absolute atomic E-state index is 4.45. The van der Waals surface area contributed by atoms with Crippen molar-refractivity contribution in [3.63, 3.8) is 0 Å². The third-order valence-corrected chi connectivity index (χ3v) is 6.50. The van der Waals surface area contributed by atoms with Gasteiger partial charge in [0.05, 0.1) is 0 Å². The average Bonchev–Trinajstić information content (AvgIpc) is 3.31. The van der Waals surface area contributed by atoms with Gasteiger partial charge in [-0.2, -0.15) is 0 Å². The van der Waals surface area contributed by atoms with Crippen molar-refractivity contribution in [3.8, 4) is 5.13 Å². The highest BCUT2D eigenvalue weighted by Gasteiger charge is 2.20. The van der Waals surface area contributed by atoms with E-state index in [4.69, 9.17) is 0 Å². The Kier molecular flexibility index (Phi) is 5.90. The molecule has 7 heteroatoms. The van der Waals surface area contributed by atoms with Gasteiger partial charge in [0.2, 0.25) is 10.3 Å². The SMILES string of the molecule is CC1CCN(c2nnc(-n3cccc3CNCc3cccc(Br)c3)s2)CC1. The summed E-state index contributed by atoms with van der Waals surface area (Å²) in [7, 11) is 0. The van der Waals surface area contributed by atoms with E-state index in [1.165, 1.54) is 24.1 Å². The van der Waals surface area contributed by atoms with E-state index >= 15 is 0 Å². The van der Waals surface area contributed by atoms with Gasteiger partial charge in [-0.1, -0.05) is 46.3 Å². The average molecular weight is 446 g/mol. The molecule has 0 saturated carbocycles. The summed E-state index contributed by atoms with van der Waals surface area (Å²) in [6.07, 6.45) is 4.55. The molecule has 0 unspecified atom stereocenters. The summed E-state index contributed by atoms with van der Waals surface area (Å²) in [6.45, 7) is 6.12. The van der Waals surface area contributed by atoms with Crippen molar-refractivity contribution in [2.24, 2.45) is 5.92 Å². The number of nitrogens with zero attached hydrogens (tertiary/aromatic N) is 4. The predicted molar refractivity (Wildman–Crippen MR) is 115 cm³/mol. The van der Waals surface area contributed by atoms with Crippen LogP contribution < -0.4 is 10.2 Å². The van der Waals surface area contributed by atoms with Gasteiger partial charge in [-0.05, 0) is 48.6 Å². The van der Waals surface area contributed by atoms with E-state index in [-0.39, 0.29) is 0 Å². The number of aromatic nitrogens is 3. The third kappa shape index (κ3) is 4.59. The molecule has 3 heterocycles. The standard InChI is InChI=1S/C20H24BrN5S/c1-15-7-10-25(11-8-15)19-23-24-20(27-19)26-9-3-6-18(26)14-22-13-16-4-2-5-17(21)12-16/h2-6,9,12,15,22H,7-8,10-11,13-14H2,1H3. The zero-order chi connectivity index (χ0) is 18.6. The summed E-state index contributed by atoms with van der Waals surface area (Å²) in [5, 5.41) is 14.4. The minimum absolute atomic E-state index is 0.787. The van der Waals surface area contributed by atoms with Crippen LogP contribution in [0.1, 0.15) is 31.0 Å². The Bertz CT molecular complexity index is 882. The van der Waals surface area contributed by atoms with Crippen molar-refractivity contribution in [3.05, 3.63) is 58.3 Å². The lowest BCUT2D eigenvalue weighted by Crippen LogP contribution is -2.32. The van der Waals surface area contributed by atoms with Gasteiger partial charge < -0.3 is 10.2 Å². The normalized spacial score (nSPS) is 15.4. The van der Waals surface area contributed by atoms with Crippen LogP contribution >= 0.6 is 27.3 Å². The summed E-state index contributed by atoms with van der Waals surface area (Å²) in [6, 6.07) is 12.6. The Hall–Kier alpha value is -1.70. The lowest BCUT2D eigenvalue weighted by atomic mass is 10.00. The van der Waals surface area contributed by atoms with Gasteiger partial charge in [0.1, 0.15) is 0 Å². The van der Waals surface area contributed by atoms with Crippen molar-refractivity contribution in [1.29, 1.82) is 0 Å². The molecule has 1 aliphatic rings. The number of anilines is 1. The fourth-order valence-corrected chi connectivity index (χ4v) is 4.72. The topological polar surface area (TPSA) is 46.0 Å². The number of hydrogen-bond acceptors (Lipinski definition) is 5. The Labute approximate surface area is 172 Å². The maximum Gasteiger partial charge on any atom is 0.218 e. The van der Waals surface area contributed by atoms with E-state index in [1.807, 2.05) is 6.07 Å². The second kappa shape index (κ2) is 8.54. The molecule has 1 aliphatic heterocycles. The maximum atomic E-state index is 4.45. The Morgan fingerprint density at radius 2 is 1.93 bits per heavy atom. The molecule has 1 N–H and O–H groups in total. The Morgan fingerprint density at radius 3 is 2.74 bits per heavy atom. The first-order valence-corrected chi connectivity index (χ1v) is 11.0. The van der Waals surface area contributed by atoms with Crippen LogP contribution in [0.3, 0.4) is 0 Å². The smallest absolute Gasteiger partial charge is 0.218 e. The molecule has 1 aromatic carbocycles. The van der Waals surface area contributed by atoms with Crippen molar-refractivity contribution in [1.82, 2.24) is 20.1 Å². The van der Waals surface area contributed by atoms with Gasteiger partial charge in [-0.15, -0.1) is 10.2 Å². The zero-order valence-corrected chi connectivity index (χ0v) is 17.8. The molecular formula is C20H24BrN5S. The predicted octanol–water partition coefficient (Wildman–Crippen LogP) is 4.62. The zero-order valence-electron chi connectivity index (χ0n) is 15.4. The van der Waals surface area contributed by atoms with Crippen LogP contribution in [0.2, 0.25) is 0 Å². The van der Waals surface area contributed by atoms with E-state index in [2.05, 4.69) is 84.4 Å². The minimum atomic E-state index is 0.787. The molecule has 0 aliphatic carbocycles. The van der Waals surface area contributed by atoms with Crippen molar-refractivity contribution in [2.75, 3.05) is 18.0 Å². The highest BCUT2D eigenvalue weighted by Crippen LogP contribution is 2.28. The first-order valence-electron chi connectivity index (χ1n) is 9.39. The largest absolute Gasteiger partial charge is 0.347 e. The fourth-order valence-electron chi connectivity index (χ4n) is 3.36. The highest BCUT2D eigenvalue weighted by molar-refractivity contribution is 9.10. The molecule has 1 fully saturated rings. The van der Waals surface area contributed by atoms with Crippen LogP contribution in [-0.4, -0.2) is 27.9 Å². The number of piperidine rings is 1. The van der Waals surface area contributed by atoms with Crippen LogP contribution in [0.25, 0.3) is 5.13 Å². The van der Waals surface area contributed by atoms with Crippen LogP contribution in [-0.2, 0) is 13.1 Å². The first kappa shape index (κ1) is 18.7. The number of hydrogen-bond donors (Lipinski definition) is 1. The summed E-state index contributed by atoms with van der Waals surface area (Å²) >= 11 is 5.20. The Balaban J connectivity index is 1.40. The van der Waals surface area contributed by atoms with Gasteiger partial charge in [-0.25, -0.2) is 0 Å². The molecule has 0 radical (unpaired) electrons. The van der Waals surface area contributed by atoms with E-state index in [1.54, 1.807) is 11.3 Å². The monoisotopic (exact) mass is 445 g/mol. The molecule has 3 aromatic rings. The molecule has 0 amide bonds. The summed E-state index contributed by atoms with van der Waals surface area (Å²) in [5.41, 5.74) is 2.46. The van der Waals surface area contributed by atoms with Crippen LogP contribution in [0.5, 0.6) is 0 Å². The molecule has 0 bridgehead atoms. The second-order valence-corrected chi connectivity index (χ2v) is 8.99. The molecule has 5 nitrogen and oxygen atoms in total. The van der Waals surface area contributed by atoms with E-state index in [0.717, 1.165) is 46.8 Å². The molecule has 0 spiro atoms. The molecule has 27 heavy (non-hydrogen) atoms. The quantitative estimate of drug-likeness (QED) is 0.601. The molecule has 1 saturated heterocycles. The second-order valence-electron chi connectivity index (χ2n) is 7.14. The molecular weight excluding hydrogens is 422 g/mol. The van der Waals surface area contributed by atoms with E-state index < -0.39 is 0 Å². The van der Waals surface area contributed by atoms with Crippen molar-refractivity contribution < 1.29 is 0 Å². The number of rotatable bonds is 6. The fraction of sp³-hybridized carbons (Fsp3) is 0.400. The summed E-state index contributed by atoms with van der Waals surface area (Å²) < 4.78 is 3.25. The molecule has 4 rings (SSSR count). The first-order chi connectivity index (χ1) is 13.2.